The predicted molar refractivity (Wildman–Crippen MR) is 117 cm³/mol. The maximum Gasteiger partial charge on any atom is 0.319 e. The first kappa shape index (κ1) is 21.7. The van der Waals surface area contributed by atoms with Crippen molar-refractivity contribution in [3.63, 3.8) is 0 Å². The van der Waals surface area contributed by atoms with Crippen LogP contribution in [0, 0.1) is 11.3 Å². The largest absolute Gasteiger partial charge is 0.496 e. The van der Waals surface area contributed by atoms with Crippen LogP contribution in [-0.4, -0.2) is 21.6 Å². The lowest BCUT2D eigenvalue weighted by atomic mass is 10.1. The summed E-state index contributed by atoms with van der Waals surface area (Å²) < 4.78 is 33.5. The second-order valence-electron chi connectivity index (χ2n) is 6.50. The Labute approximate surface area is 180 Å². The van der Waals surface area contributed by atoms with Gasteiger partial charge in [-0.1, -0.05) is 36.4 Å². The van der Waals surface area contributed by atoms with Gasteiger partial charge in [-0.15, -0.1) is 0 Å². The number of amides is 2. The van der Waals surface area contributed by atoms with E-state index in [2.05, 4.69) is 4.72 Å². The zero-order valence-corrected chi connectivity index (χ0v) is 17.5. The number of urea groups is 1. The minimum Gasteiger partial charge on any atom is -0.496 e. The summed E-state index contributed by atoms with van der Waals surface area (Å²) in [4.78, 5) is 13.6. The smallest absolute Gasteiger partial charge is 0.319 e. The number of primary amides is 1. The molecule has 0 heterocycles. The van der Waals surface area contributed by atoms with Crippen LogP contribution < -0.4 is 20.1 Å². The van der Waals surface area contributed by atoms with Crippen LogP contribution in [0.2, 0.25) is 0 Å². The average molecular weight is 436 g/mol. The fourth-order valence-corrected chi connectivity index (χ4v) is 4.10. The van der Waals surface area contributed by atoms with Crippen LogP contribution >= 0.6 is 0 Å². The van der Waals surface area contributed by atoms with Gasteiger partial charge in [-0.05, 0) is 36.4 Å². The molecule has 0 saturated carbocycles. The molecule has 0 bridgehead atoms. The Kier molecular flexibility index (Phi) is 6.43. The van der Waals surface area contributed by atoms with Crippen LogP contribution in [-0.2, 0) is 16.6 Å². The Morgan fingerprint density at radius 3 is 2.42 bits per heavy atom. The highest BCUT2D eigenvalue weighted by Gasteiger charge is 2.22. The SMILES string of the molecule is COc1ccccc1CN(C(N)=O)c1ccc(C#N)cc1NS(=O)(=O)c1ccccc1. The molecular formula is C22H20N4O4S. The third-order valence-corrected chi connectivity index (χ3v) is 5.88. The minimum atomic E-state index is -3.97. The fourth-order valence-electron chi connectivity index (χ4n) is 3.01. The first-order valence-corrected chi connectivity index (χ1v) is 10.6. The maximum atomic E-state index is 12.9. The summed E-state index contributed by atoms with van der Waals surface area (Å²) in [6.45, 7) is 0.0330. The number of nitriles is 1. The molecule has 3 aromatic carbocycles. The lowest BCUT2D eigenvalue weighted by Gasteiger charge is -2.25. The molecule has 3 N–H and O–H groups in total. The van der Waals surface area contributed by atoms with Gasteiger partial charge < -0.3 is 10.5 Å². The van der Waals surface area contributed by atoms with Crippen molar-refractivity contribution in [2.24, 2.45) is 5.73 Å². The molecule has 0 unspecified atom stereocenters. The monoisotopic (exact) mass is 436 g/mol. The van der Waals surface area contributed by atoms with Crippen molar-refractivity contribution in [1.29, 1.82) is 5.26 Å². The van der Waals surface area contributed by atoms with Crippen LogP contribution in [0.1, 0.15) is 11.1 Å². The van der Waals surface area contributed by atoms with Gasteiger partial charge in [0.15, 0.2) is 0 Å². The first-order chi connectivity index (χ1) is 14.9. The van der Waals surface area contributed by atoms with E-state index in [1.54, 1.807) is 42.5 Å². The summed E-state index contributed by atoms with van der Waals surface area (Å²) in [5, 5.41) is 9.27. The van der Waals surface area contributed by atoms with Crippen molar-refractivity contribution >= 4 is 27.4 Å². The number of nitrogens with two attached hydrogens (primary N) is 1. The third kappa shape index (κ3) is 4.94. The molecule has 0 radical (unpaired) electrons. The van der Waals surface area contributed by atoms with Gasteiger partial charge in [-0.25, -0.2) is 13.2 Å². The summed E-state index contributed by atoms with van der Waals surface area (Å²) >= 11 is 0. The molecule has 0 atom stereocenters. The summed E-state index contributed by atoms with van der Waals surface area (Å²) in [7, 11) is -2.46. The van der Waals surface area contributed by atoms with Crippen molar-refractivity contribution in [3.05, 3.63) is 83.9 Å². The summed E-state index contributed by atoms with van der Waals surface area (Å²) in [5.74, 6) is 0.550. The normalized spacial score (nSPS) is 10.7. The second kappa shape index (κ2) is 9.19. The number of carbonyl (C=O) groups excluding carboxylic acids is 1. The van der Waals surface area contributed by atoms with Gasteiger partial charge in [-0.2, -0.15) is 5.26 Å². The van der Waals surface area contributed by atoms with Crippen LogP contribution in [0.25, 0.3) is 0 Å². The molecule has 3 aromatic rings. The van der Waals surface area contributed by atoms with Gasteiger partial charge in [0.05, 0.1) is 41.6 Å². The van der Waals surface area contributed by atoms with Crippen molar-refractivity contribution in [1.82, 2.24) is 0 Å². The zero-order valence-electron chi connectivity index (χ0n) is 16.6. The van der Waals surface area contributed by atoms with E-state index in [1.165, 1.54) is 42.3 Å². The fraction of sp³-hybridized carbons (Fsp3) is 0.0909. The lowest BCUT2D eigenvalue weighted by molar-refractivity contribution is 0.253. The summed E-state index contributed by atoms with van der Waals surface area (Å²) in [5.41, 5.74) is 6.77. The Balaban J connectivity index is 2.07. The molecule has 0 fully saturated rings. The molecule has 0 spiro atoms. The van der Waals surface area contributed by atoms with E-state index in [0.717, 1.165) is 0 Å². The number of anilines is 2. The molecule has 0 aromatic heterocycles. The number of methoxy groups -OCH3 is 1. The Hall–Kier alpha value is -4.03. The summed E-state index contributed by atoms with van der Waals surface area (Å²) in [6.07, 6.45) is 0. The van der Waals surface area contributed by atoms with Gasteiger partial charge in [0.2, 0.25) is 0 Å². The zero-order chi connectivity index (χ0) is 22.4. The van der Waals surface area contributed by atoms with E-state index in [0.29, 0.717) is 11.3 Å². The molecule has 0 aliphatic carbocycles. The molecule has 2 amide bonds. The standard InChI is InChI=1S/C22H20N4O4S/c1-30-21-10-6-5-7-17(21)15-26(22(24)27)20-12-11-16(14-23)13-19(20)25-31(28,29)18-8-3-2-4-9-18/h2-13,25H,15H2,1H3,(H2,24,27). The molecule has 0 aliphatic rings. The molecule has 3 rings (SSSR count). The van der Waals surface area contributed by atoms with Crippen LogP contribution in [0.3, 0.4) is 0 Å². The van der Waals surface area contributed by atoms with Crippen LogP contribution in [0.15, 0.2) is 77.7 Å². The van der Waals surface area contributed by atoms with Crippen molar-refractivity contribution < 1.29 is 17.9 Å². The highest BCUT2D eigenvalue weighted by molar-refractivity contribution is 7.92. The topological polar surface area (TPSA) is 126 Å². The number of para-hydroxylation sites is 1. The predicted octanol–water partition coefficient (Wildman–Crippen LogP) is 3.45. The summed E-state index contributed by atoms with van der Waals surface area (Å²) in [6, 6.07) is 20.3. The van der Waals surface area contributed by atoms with Gasteiger partial charge in [0, 0.05) is 5.56 Å². The number of nitrogens with zero attached hydrogens (tertiary/aromatic N) is 2. The van der Waals surface area contributed by atoms with E-state index in [9.17, 15) is 18.5 Å². The van der Waals surface area contributed by atoms with Crippen molar-refractivity contribution in [2.75, 3.05) is 16.7 Å². The number of rotatable bonds is 7. The second-order valence-corrected chi connectivity index (χ2v) is 8.18. The molecule has 8 nitrogen and oxygen atoms in total. The van der Waals surface area contributed by atoms with Gasteiger partial charge in [0.25, 0.3) is 10.0 Å². The van der Waals surface area contributed by atoms with Crippen LogP contribution in [0.5, 0.6) is 5.75 Å². The molecule has 31 heavy (non-hydrogen) atoms. The number of sulfonamides is 1. The Morgan fingerprint density at radius 1 is 1.10 bits per heavy atom. The van der Waals surface area contributed by atoms with E-state index in [-0.39, 0.29) is 28.4 Å². The quantitative estimate of drug-likeness (QED) is 0.587. The van der Waals surface area contributed by atoms with E-state index in [4.69, 9.17) is 10.5 Å². The molecule has 0 aliphatic heterocycles. The highest BCUT2D eigenvalue weighted by Crippen LogP contribution is 2.32. The van der Waals surface area contributed by atoms with Crippen LogP contribution in [0.4, 0.5) is 16.2 Å². The number of hydrogen-bond acceptors (Lipinski definition) is 5. The Bertz CT molecular complexity index is 1240. The Morgan fingerprint density at radius 2 is 1.77 bits per heavy atom. The number of nitrogens with one attached hydrogen (secondary N) is 1. The van der Waals surface area contributed by atoms with Gasteiger partial charge in [0.1, 0.15) is 5.75 Å². The highest BCUT2D eigenvalue weighted by atomic mass is 32.2. The minimum absolute atomic E-state index is 0.0330. The van der Waals surface area contributed by atoms with E-state index < -0.39 is 16.1 Å². The average Bonchev–Trinajstić information content (AvgIpc) is 2.78. The number of ether oxygens (including phenoxy) is 1. The number of benzene rings is 3. The molecule has 0 saturated heterocycles. The maximum absolute atomic E-state index is 12.9. The number of hydrogen-bond donors (Lipinski definition) is 2. The van der Waals surface area contributed by atoms with E-state index >= 15 is 0 Å². The number of carbonyl (C=O) groups is 1. The lowest BCUT2D eigenvalue weighted by Crippen LogP contribution is -2.36. The molecule has 9 heteroatoms. The molecule has 158 valence electrons. The van der Waals surface area contributed by atoms with Crippen molar-refractivity contribution in [3.8, 4) is 11.8 Å². The molecular weight excluding hydrogens is 416 g/mol. The van der Waals surface area contributed by atoms with Gasteiger partial charge in [-0.3, -0.25) is 9.62 Å². The third-order valence-electron chi connectivity index (χ3n) is 4.50. The van der Waals surface area contributed by atoms with E-state index in [1.807, 2.05) is 6.07 Å². The van der Waals surface area contributed by atoms with Gasteiger partial charge >= 0.3 is 6.03 Å². The van der Waals surface area contributed by atoms with Crippen molar-refractivity contribution in [2.45, 2.75) is 11.4 Å². The first-order valence-electron chi connectivity index (χ1n) is 9.16.